The zero-order chi connectivity index (χ0) is 29.6. The topological polar surface area (TPSA) is 211 Å². The van der Waals surface area contributed by atoms with Crippen LogP contribution in [0, 0.1) is 20.2 Å². The number of nitrogens with two attached hydrogens (primary N) is 2. The number of nitro groups is 2. The number of nitro benzene ring substituents is 2. The smallest absolute Gasteiger partial charge is 0.292 e. The van der Waals surface area contributed by atoms with Gasteiger partial charge in [-0.15, -0.1) is 0 Å². The second-order valence-corrected chi connectivity index (χ2v) is 14.9. The monoisotopic (exact) mass is 590 g/mol. The number of primary amides is 2. The SMILES string of the molecule is CC(C)(C)[Si](C)(C)OCCOc1cc(C(N)=O)cc([N+](=O)[O-])c1Cl.NC(=O)c1cc(O)c(Cl)c([N+](=O)[O-])c1. The Balaban J connectivity index is 0.000000437. The molecule has 0 spiro atoms. The Morgan fingerprint density at radius 1 is 0.921 bits per heavy atom. The van der Waals surface area contributed by atoms with Crippen LogP contribution in [0.5, 0.6) is 11.5 Å². The lowest BCUT2D eigenvalue weighted by Crippen LogP contribution is -2.41. The van der Waals surface area contributed by atoms with Crippen LogP contribution in [0.4, 0.5) is 11.4 Å². The van der Waals surface area contributed by atoms with E-state index in [1.807, 2.05) is 0 Å². The van der Waals surface area contributed by atoms with Gasteiger partial charge in [0.05, 0.1) is 16.5 Å². The molecule has 16 heteroatoms. The van der Waals surface area contributed by atoms with Gasteiger partial charge in [0.15, 0.2) is 18.4 Å². The van der Waals surface area contributed by atoms with Gasteiger partial charge in [0, 0.05) is 23.3 Å². The molecule has 0 unspecified atom stereocenters. The second-order valence-electron chi connectivity index (χ2n) is 9.34. The fraction of sp³-hybridized carbons (Fsp3) is 0.364. The molecule has 0 aliphatic rings. The first-order valence-electron chi connectivity index (χ1n) is 10.8. The number of amides is 2. The molecule has 2 aromatic rings. The van der Waals surface area contributed by atoms with Crippen molar-refractivity contribution in [1.82, 2.24) is 0 Å². The molecular formula is C22H28Cl2N4O9Si. The fourth-order valence-electron chi connectivity index (χ4n) is 2.50. The number of hydrogen-bond donors (Lipinski definition) is 3. The first-order valence-corrected chi connectivity index (χ1v) is 14.5. The van der Waals surface area contributed by atoms with Crippen LogP contribution in [0.3, 0.4) is 0 Å². The summed E-state index contributed by atoms with van der Waals surface area (Å²) in [6.07, 6.45) is 0. The number of phenols is 1. The average molecular weight is 591 g/mol. The summed E-state index contributed by atoms with van der Waals surface area (Å²) in [6.45, 7) is 11.1. The van der Waals surface area contributed by atoms with E-state index in [1.54, 1.807) is 0 Å². The van der Waals surface area contributed by atoms with Gasteiger partial charge in [-0.2, -0.15) is 0 Å². The summed E-state index contributed by atoms with van der Waals surface area (Å²) < 4.78 is 11.4. The van der Waals surface area contributed by atoms with E-state index >= 15 is 0 Å². The molecule has 2 rings (SSSR count). The highest BCUT2D eigenvalue weighted by atomic mass is 35.5. The maximum atomic E-state index is 11.3. The molecule has 208 valence electrons. The highest BCUT2D eigenvalue weighted by Crippen LogP contribution is 2.37. The second kappa shape index (κ2) is 12.9. The Kier molecular flexibility index (Phi) is 11.0. The van der Waals surface area contributed by atoms with Crippen molar-refractivity contribution >= 4 is 54.7 Å². The minimum atomic E-state index is -1.91. The predicted molar refractivity (Wildman–Crippen MR) is 144 cm³/mol. The number of hydrogen-bond acceptors (Lipinski definition) is 9. The maximum absolute atomic E-state index is 11.3. The molecule has 2 amide bonds. The molecule has 13 nitrogen and oxygen atoms in total. The van der Waals surface area contributed by atoms with Crippen molar-refractivity contribution in [3.63, 3.8) is 0 Å². The zero-order valence-corrected chi connectivity index (χ0v) is 23.8. The summed E-state index contributed by atoms with van der Waals surface area (Å²) >= 11 is 11.4. The largest absolute Gasteiger partial charge is 0.506 e. The number of nitrogens with zero attached hydrogens (tertiary/aromatic N) is 2. The molecule has 0 fully saturated rings. The van der Waals surface area contributed by atoms with Crippen molar-refractivity contribution in [3.8, 4) is 11.5 Å². The Bertz CT molecular complexity index is 1250. The third kappa shape index (κ3) is 8.55. The molecule has 0 atom stereocenters. The molecule has 0 aliphatic heterocycles. The summed E-state index contributed by atoms with van der Waals surface area (Å²) in [6, 6.07) is 4.20. The number of carbonyl (C=O) groups is 2. The Hall–Kier alpha value is -3.46. The predicted octanol–water partition coefficient (Wildman–Crippen LogP) is 4.80. The van der Waals surface area contributed by atoms with Gasteiger partial charge in [-0.1, -0.05) is 44.0 Å². The summed E-state index contributed by atoms with van der Waals surface area (Å²) in [5.41, 5.74) is 8.89. The third-order valence-electron chi connectivity index (χ3n) is 5.63. The van der Waals surface area contributed by atoms with Gasteiger partial charge in [0.1, 0.15) is 18.1 Å². The third-order valence-corrected chi connectivity index (χ3v) is 10.9. The number of halogens is 2. The molecule has 0 saturated carbocycles. The lowest BCUT2D eigenvalue weighted by molar-refractivity contribution is -0.384. The Morgan fingerprint density at radius 3 is 1.79 bits per heavy atom. The van der Waals surface area contributed by atoms with Crippen LogP contribution in [-0.2, 0) is 4.43 Å². The minimum Gasteiger partial charge on any atom is -0.506 e. The van der Waals surface area contributed by atoms with E-state index in [-0.39, 0.29) is 33.5 Å². The summed E-state index contributed by atoms with van der Waals surface area (Å²) in [4.78, 5) is 41.9. The van der Waals surface area contributed by atoms with Crippen molar-refractivity contribution < 1.29 is 33.7 Å². The normalized spacial score (nSPS) is 11.2. The van der Waals surface area contributed by atoms with Gasteiger partial charge in [0.2, 0.25) is 11.8 Å². The number of aromatic hydroxyl groups is 1. The van der Waals surface area contributed by atoms with Crippen molar-refractivity contribution in [2.75, 3.05) is 13.2 Å². The van der Waals surface area contributed by atoms with Crippen LogP contribution < -0.4 is 16.2 Å². The number of benzene rings is 2. The average Bonchev–Trinajstić information content (AvgIpc) is 2.78. The zero-order valence-electron chi connectivity index (χ0n) is 21.2. The maximum Gasteiger partial charge on any atom is 0.292 e. The van der Waals surface area contributed by atoms with Crippen LogP contribution in [0.1, 0.15) is 41.5 Å². The van der Waals surface area contributed by atoms with Crippen LogP contribution in [0.2, 0.25) is 28.2 Å². The van der Waals surface area contributed by atoms with E-state index in [1.165, 1.54) is 6.07 Å². The minimum absolute atomic E-state index is 0.0357. The van der Waals surface area contributed by atoms with E-state index in [4.69, 9.17) is 48.9 Å². The van der Waals surface area contributed by atoms with Gasteiger partial charge < -0.3 is 25.7 Å². The number of rotatable bonds is 9. The van der Waals surface area contributed by atoms with Gasteiger partial charge in [-0.25, -0.2) is 0 Å². The molecule has 0 aromatic heterocycles. The van der Waals surface area contributed by atoms with Crippen molar-refractivity contribution in [2.45, 2.75) is 38.9 Å². The van der Waals surface area contributed by atoms with Crippen molar-refractivity contribution in [1.29, 1.82) is 0 Å². The van der Waals surface area contributed by atoms with E-state index in [9.17, 15) is 29.8 Å². The van der Waals surface area contributed by atoms with Crippen molar-refractivity contribution in [2.24, 2.45) is 11.5 Å². The van der Waals surface area contributed by atoms with Gasteiger partial charge >= 0.3 is 0 Å². The molecule has 0 aliphatic carbocycles. The van der Waals surface area contributed by atoms with Crippen LogP contribution in [0.15, 0.2) is 24.3 Å². The molecule has 0 bridgehead atoms. The van der Waals surface area contributed by atoms with Crippen LogP contribution in [0.25, 0.3) is 0 Å². The van der Waals surface area contributed by atoms with Gasteiger partial charge in [0.25, 0.3) is 11.4 Å². The summed E-state index contributed by atoms with van der Waals surface area (Å²) in [5.74, 6) is -2.18. The Labute approximate surface area is 229 Å². The molecule has 0 radical (unpaired) electrons. The lowest BCUT2D eigenvalue weighted by atomic mass is 10.2. The molecule has 2 aromatic carbocycles. The highest BCUT2D eigenvalue weighted by molar-refractivity contribution is 6.74. The number of phenolic OH excluding ortho intramolecular Hbond substituents is 1. The summed E-state index contributed by atoms with van der Waals surface area (Å²) in [5, 5.41) is 30.0. The molecular weight excluding hydrogens is 563 g/mol. The van der Waals surface area contributed by atoms with Gasteiger partial charge in [-0.05, 0) is 30.3 Å². The molecule has 38 heavy (non-hydrogen) atoms. The van der Waals surface area contributed by atoms with Gasteiger partial charge in [-0.3, -0.25) is 29.8 Å². The molecule has 0 heterocycles. The van der Waals surface area contributed by atoms with E-state index in [2.05, 4.69) is 33.9 Å². The van der Waals surface area contributed by atoms with Crippen molar-refractivity contribution in [3.05, 3.63) is 65.7 Å². The van der Waals surface area contributed by atoms with Crippen LogP contribution in [-0.4, -0.2) is 48.3 Å². The van der Waals surface area contributed by atoms with E-state index < -0.39 is 52.1 Å². The first kappa shape index (κ1) is 32.6. The fourth-order valence-corrected chi connectivity index (χ4v) is 3.93. The standard InChI is InChI=1S/C15H23ClN2O5Si.C7H5ClN2O4/c1-15(2,3)24(4,5)23-7-6-22-12-9-10(14(17)19)8-11(13(12)16)18(20)21;8-6-4(10(13)14)1-3(7(9)12)2-5(6)11/h8-9H,6-7H2,1-5H3,(H2,17,19);1-2,11H,(H2,9,12). The van der Waals surface area contributed by atoms with Crippen LogP contribution >= 0.6 is 23.2 Å². The number of ether oxygens (including phenoxy) is 1. The molecule has 5 N–H and O–H groups in total. The quantitative estimate of drug-likeness (QED) is 0.158. The summed E-state index contributed by atoms with van der Waals surface area (Å²) in [7, 11) is -1.91. The van der Waals surface area contributed by atoms with E-state index in [0.29, 0.717) is 6.61 Å². The highest BCUT2D eigenvalue weighted by Gasteiger charge is 2.37. The number of carbonyl (C=O) groups excluding carboxylic acids is 2. The lowest BCUT2D eigenvalue weighted by Gasteiger charge is -2.36. The molecule has 0 saturated heterocycles. The first-order chi connectivity index (χ1) is 17.3. The Morgan fingerprint density at radius 2 is 1.37 bits per heavy atom. The van der Waals surface area contributed by atoms with E-state index in [0.717, 1.165) is 18.2 Å².